The van der Waals surface area contributed by atoms with Gasteiger partial charge in [-0.3, -0.25) is 4.79 Å². The molecule has 1 aromatic heterocycles. The van der Waals surface area contributed by atoms with E-state index in [0.29, 0.717) is 45.7 Å². The lowest BCUT2D eigenvalue weighted by atomic mass is 9.95. The lowest BCUT2D eigenvalue weighted by molar-refractivity contribution is 0.103. The third-order valence-corrected chi connectivity index (χ3v) is 5.57. The Labute approximate surface area is 153 Å². The first-order chi connectivity index (χ1) is 12.5. The van der Waals surface area contributed by atoms with Gasteiger partial charge in [-0.2, -0.15) is 4.31 Å². The summed E-state index contributed by atoms with van der Waals surface area (Å²) in [6.07, 6.45) is 4.07. The Kier molecular flexibility index (Phi) is 4.25. The number of anilines is 2. The molecule has 4 rings (SSSR count). The predicted molar refractivity (Wildman–Crippen MR) is 101 cm³/mol. The summed E-state index contributed by atoms with van der Waals surface area (Å²) in [7, 11) is 0. The Balaban J connectivity index is 2.04. The molecule has 2 aromatic carbocycles. The molecular formula is C20H18FNO3S. The normalized spacial score (nSPS) is 14.5. The number of carbonyl (C=O) groups excluding carboxylic acids is 1. The molecule has 0 saturated carbocycles. The second-order valence-electron chi connectivity index (χ2n) is 6.39. The van der Waals surface area contributed by atoms with E-state index in [-0.39, 0.29) is 5.78 Å². The van der Waals surface area contributed by atoms with Gasteiger partial charge in [0, 0.05) is 17.9 Å². The third-order valence-electron chi connectivity index (χ3n) is 4.64. The van der Waals surface area contributed by atoms with E-state index >= 15 is 0 Å². The number of unbranched alkanes of at least 4 members (excludes halogenated alkanes) is 1. The highest BCUT2D eigenvalue weighted by molar-refractivity contribution is 7.92. The molecule has 0 amide bonds. The topological polar surface area (TPSA) is 56.5 Å². The number of halogens is 1. The van der Waals surface area contributed by atoms with E-state index in [0.717, 1.165) is 12.8 Å². The summed E-state index contributed by atoms with van der Waals surface area (Å²) in [6.45, 7) is 2.08. The Morgan fingerprint density at radius 2 is 2.04 bits per heavy atom. The van der Waals surface area contributed by atoms with Crippen LogP contribution in [-0.4, -0.2) is 16.6 Å². The van der Waals surface area contributed by atoms with Crippen molar-refractivity contribution >= 4 is 39.5 Å². The number of carbonyl (C=O) groups is 1. The van der Waals surface area contributed by atoms with E-state index in [2.05, 4.69) is 6.92 Å². The smallest absolute Gasteiger partial charge is 0.199 e. The van der Waals surface area contributed by atoms with Crippen LogP contribution in [0.25, 0.3) is 11.0 Å². The summed E-state index contributed by atoms with van der Waals surface area (Å²) >= 11 is -1.47. The van der Waals surface area contributed by atoms with Gasteiger partial charge >= 0.3 is 0 Å². The minimum Gasteiger partial charge on any atom is -0.593 e. The van der Waals surface area contributed by atoms with Crippen molar-refractivity contribution in [2.45, 2.75) is 26.2 Å². The maximum absolute atomic E-state index is 13.9. The molecule has 0 radical (unpaired) electrons. The highest BCUT2D eigenvalue weighted by Gasteiger charge is 2.32. The van der Waals surface area contributed by atoms with Gasteiger partial charge in [-0.1, -0.05) is 13.3 Å². The van der Waals surface area contributed by atoms with E-state index < -0.39 is 17.2 Å². The molecule has 1 unspecified atom stereocenters. The fourth-order valence-corrected chi connectivity index (χ4v) is 4.29. The molecule has 0 spiro atoms. The highest BCUT2D eigenvalue weighted by atomic mass is 32.2. The van der Waals surface area contributed by atoms with Crippen LogP contribution in [0.4, 0.5) is 15.8 Å². The average molecular weight is 371 g/mol. The first kappa shape index (κ1) is 17.1. The molecular weight excluding hydrogens is 353 g/mol. The van der Waals surface area contributed by atoms with Crippen LogP contribution in [-0.2, 0) is 17.8 Å². The zero-order chi connectivity index (χ0) is 18.4. The van der Waals surface area contributed by atoms with Gasteiger partial charge in [-0.05, 0) is 36.8 Å². The zero-order valence-corrected chi connectivity index (χ0v) is 15.4. The summed E-state index contributed by atoms with van der Waals surface area (Å²) in [5.41, 5.74) is 2.44. The van der Waals surface area contributed by atoms with Crippen LogP contribution in [0, 0.1) is 5.82 Å². The average Bonchev–Trinajstić information content (AvgIpc) is 2.95. The Morgan fingerprint density at radius 3 is 2.77 bits per heavy atom. The SMILES string of the molecule is CCCCc1oc2ccc3cc2c1C(=O)c1ccc(F)cc1N3[S+](C)[O-]. The van der Waals surface area contributed by atoms with E-state index in [1.165, 1.54) is 28.8 Å². The lowest BCUT2D eigenvalue weighted by Crippen LogP contribution is -2.27. The molecule has 1 aliphatic rings. The number of fused-ring (bicyclic) bond motifs is 2. The summed E-state index contributed by atoms with van der Waals surface area (Å²) in [5.74, 6) is -0.0465. The molecule has 2 heterocycles. The Bertz CT molecular complexity index is 1010. The van der Waals surface area contributed by atoms with Crippen LogP contribution in [0.3, 0.4) is 0 Å². The zero-order valence-electron chi connectivity index (χ0n) is 14.5. The second kappa shape index (κ2) is 6.45. The number of aryl methyl sites for hydroxylation is 1. The van der Waals surface area contributed by atoms with Crippen LogP contribution in [0.15, 0.2) is 40.8 Å². The van der Waals surface area contributed by atoms with Gasteiger partial charge in [0.25, 0.3) is 0 Å². The van der Waals surface area contributed by atoms with Crippen LogP contribution >= 0.6 is 0 Å². The molecule has 0 saturated heterocycles. The molecule has 26 heavy (non-hydrogen) atoms. The fraction of sp³-hybridized carbons (Fsp3) is 0.250. The van der Waals surface area contributed by atoms with Crippen molar-refractivity contribution in [3.05, 3.63) is 59.1 Å². The van der Waals surface area contributed by atoms with E-state index in [9.17, 15) is 13.7 Å². The highest BCUT2D eigenvalue weighted by Crippen LogP contribution is 2.40. The summed E-state index contributed by atoms with van der Waals surface area (Å²) in [4.78, 5) is 13.3. The number of rotatable bonds is 4. The van der Waals surface area contributed by atoms with Crippen LogP contribution < -0.4 is 4.31 Å². The van der Waals surface area contributed by atoms with Gasteiger partial charge in [-0.25, -0.2) is 4.39 Å². The van der Waals surface area contributed by atoms with Gasteiger partial charge in [0.05, 0.1) is 28.2 Å². The van der Waals surface area contributed by atoms with Crippen molar-refractivity contribution in [3.63, 3.8) is 0 Å². The number of ketones is 1. The number of hydrogen-bond donors (Lipinski definition) is 0. The van der Waals surface area contributed by atoms with Crippen molar-refractivity contribution in [3.8, 4) is 0 Å². The van der Waals surface area contributed by atoms with Gasteiger partial charge < -0.3 is 8.97 Å². The minimum absolute atomic E-state index is 0.225. The van der Waals surface area contributed by atoms with Crippen molar-refractivity contribution in [1.82, 2.24) is 0 Å². The Morgan fingerprint density at radius 1 is 1.23 bits per heavy atom. The minimum atomic E-state index is -1.47. The molecule has 1 atom stereocenters. The standard InChI is InChI=1S/C20H18FNO3S/c1-3-4-5-18-19-15-11-13(7-9-17(15)25-18)22(26(2)24)16-10-12(21)6-8-14(16)20(19)23/h6-11H,3-5H2,1-2H3. The molecule has 0 aliphatic carbocycles. The van der Waals surface area contributed by atoms with Crippen molar-refractivity contribution < 1.29 is 18.2 Å². The fourth-order valence-electron chi connectivity index (χ4n) is 3.45. The maximum Gasteiger partial charge on any atom is 0.199 e. The first-order valence-electron chi connectivity index (χ1n) is 8.54. The monoisotopic (exact) mass is 371 g/mol. The Hall–Kier alpha value is -2.31. The number of hydrogen-bond acceptors (Lipinski definition) is 4. The summed E-state index contributed by atoms with van der Waals surface area (Å²) in [5, 5.41) is 0.712. The van der Waals surface area contributed by atoms with Gasteiger partial charge in [0.1, 0.15) is 29.1 Å². The first-order valence-corrected chi connectivity index (χ1v) is 10.1. The summed E-state index contributed by atoms with van der Waals surface area (Å²) in [6, 6.07) is 9.34. The van der Waals surface area contributed by atoms with Crippen LogP contribution in [0.5, 0.6) is 0 Å². The predicted octanol–water partition coefficient (Wildman–Crippen LogP) is 4.89. The number of nitrogens with zero attached hydrogens (tertiary/aromatic N) is 1. The number of furan rings is 1. The summed E-state index contributed by atoms with van der Waals surface area (Å²) < 4.78 is 33.8. The molecule has 134 valence electrons. The van der Waals surface area contributed by atoms with Crippen molar-refractivity contribution in [2.24, 2.45) is 0 Å². The van der Waals surface area contributed by atoms with E-state index in [1.807, 2.05) is 0 Å². The largest absolute Gasteiger partial charge is 0.593 e. The van der Waals surface area contributed by atoms with E-state index in [1.54, 1.807) is 18.2 Å². The molecule has 2 bridgehead atoms. The molecule has 6 heteroatoms. The van der Waals surface area contributed by atoms with Gasteiger partial charge in [-0.15, -0.1) is 0 Å². The quantitative estimate of drug-likeness (QED) is 0.613. The van der Waals surface area contributed by atoms with Crippen molar-refractivity contribution in [1.29, 1.82) is 0 Å². The van der Waals surface area contributed by atoms with Gasteiger partial charge in [0.15, 0.2) is 5.78 Å². The molecule has 4 nitrogen and oxygen atoms in total. The molecule has 0 fully saturated rings. The lowest BCUT2D eigenvalue weighted by Gasteiger charge is -2.26. The van der Waals surface area contributed by atoms with Gasteiger partial charge in [0.2, 0.25) is 0 Å². The molecule has 3 aromatic rings. The second-order valence-corrected chi connectivity index (χ2v) is 7.61. The van der Waals surface area contributed by atoms with Crippen molar-refractivity contribution in [2.75, 3.05) is 10.6 Å². The number of benzene rings is 2. The third kappa shape index (κ3) is 2.61. The van der Waals surface area contributed by atoms with E-state index in [4.69, 9.17) is 4.42 Å². The maximum atomic E-state index is 13.9. The molecule has 1 aliphatic heterocycles. The van der Waals surface area contributed by atoms with Crippen LogP contribution in [0.1, 0.15) is 41.4 Å². The van der Waals surface area contributed by atoms with Crippen LogP contribution in [0.2, 0.25) is 0 Å². The molecule has 0 N–H and O–H groups in total.